The maximum Gasteiger partial charge on any atom is 0.261 e. The topological polar surface area (TPSA) is 76.5 Å². The number of likely N-dealkylation sites (N-methyl/N-ethyl adjacent to an activating group) is 1. The zero-order chi connectivity index (χ0) is 16.8. The molecule has 1 N–H and O–H groups in total. The van der Waals surface area contributed by atoms with Gasteiger partial charge in [-0.15, -0.1) is 16.4 Å². The van der Waals surface area contributed by atoms with E-state index in [4.69, 9.17) is 4.74 Å². The Balaban J connectivity index is 1.83. The maximum atomic E-state index is 12.3. The van der Waals surface area contributed by atoms with E-state index >= 15 is 0 Å². The van der Waals surface area contributed by atoms with Gasteiger partial charge in [-0.1, -0.05) is 6.07 Å². The Morgan fingerprint density at radius 2 is 2.26 bits per heavy atom. The van der Waals surface area contributed by atoms with E-state index in [9.17, 15) is 9.59 Å². The minimum atomic E-state index is -0.302. The van der Waals surface area contributed by atoms with Gasteiger partial charge in [0.05, 0.1) is 13.7 Å². The Kier molecular flexibility index (Phi) is 5.75. The molecule has 7 nitrogen and oxygen atoms in total. The van der Waals surface area contributed by atoms with Crippen LogP contribution in [0.1, 0.15) is 15.2 Å². The van der Waals surface area contributed by atoms with Gasteiger partial charge in [0, 0.05) is 31.7 Å². The Hall–Kier alpha value is -2.35. The molecule has 2 heterocycles. The first kappa shape index (κ1) is 17.0. The molecule has 124 valence electrons. The molecular weight excluding hydrogens is 316 g/mol. The number of hydrogen-bond acceptors (Lipinski definition) is 5. The van der Waals surface area contributed by atoms with Gasteiger partial charge in [0.1, 0.15) is 5.56 Å². The third kappa shape index (κ3) is 4.56. The van der Waals surface area contributed by atoms with Crippen LogP contribution in [0.4, 0.5) is 0 Å². The molecule has 0 radical (unpaired) electrons. The number of nitrogens with zero attached hydrogens (tertiary/aromatic N) is 3. The molecule has 0 saturated carbocycles. The summed E-state index contributed by atoms with van der Waals surface area (Å²) < 4.78 is 6.57. The first-order valence-corrected chi connectivity index (χ1v) is 8.01. The average molecular weight is 336 g/mol. The predicted molar refractivity (Wildman–Crippen MR) is 87.8 cm³/mol. The molecule has 2 aromatic heterocycles. The third-order valence-electron chi connectivity index (χ3n) is 3.22. The molecule has 0 aliphatic carbocycles. The molecular formula is C15H20N4O3S. The van der Waals surface area contributed by atoms with Gasteiger partial charge in [-0.05, 0) is 17.9 Å². The summed E-state index contributed by atoms with van der Waals surface area (Å²) in [6.45, 7) is 0.541. The number of methoxy groups -OCH3 is 1. The second kappa shape index (κ2) is 7.77. The van der Waals surface area contributed by atoms with Crippen LogP contribution in [0.15, 0.2) is 23.7 Å². The van der Waals surface area contributed by atoms with Gasteiger partial charge in [0.15, 0.2) is 0 Å². The fraction of sp³-hybridized carbons (Fsp3) is 0.400. The molecule has 2 rings (SSSR count). The number of rotatable bonds is 7. The molecule has 0 unspecified atom stereocenters. The highest BCUT2D eigenvalue weighted by atomic mass is 32.1. The molecule has 2 aromatic rings. The van der Waals surface area contributed by atoms with E-state index in [0.29, 0.717) is 12.1 Å². The van der Waals surface area contributed by atoms with Crippen molar-refractivity contribution in [1.82, 2.24) is 20.0 Å². The van der Waals surface area contributed by atoms with E-state index in [-0.39, 0.29) is 24.2 Å². The van der Waals surface area contributed by atoms with Crippen LogP contribution in [0.5, 0.6) is 5.88 Å². The first-order chi connectivity index (χ1) is 11.0. The van der Waals surface area contributed by atoms with Crippen molar-refractivity contribution in [1.29, 1.82) is 0 Å². The summed E-state index contributed by atoms with van der Waals surface area (Å²) in [6.07, 6.45) is 2.36. The van der Waals surface area contributed by atoms with E-state index in [1.807, 2.05) is 17.5 Å². The molecule has 0 aliphatic heterocycles. The molecule has 0 atom stereocenters. The molecule has 0 fully saturated rings. The highest BCUT2D eigenvalue weighted by molar-refractivity contribution is 7.09. The molecule has 23 heavy (non-hydrogen) atoms. The number of amides is 2. The third-order valence-corrected chi connectivity index (χ3v) is 4.16. The molecule has 0 aromatic carbocycles. The number of thiophene rings is 1. The number of carbonyl (C=O) groups is 2. The van der Waals surface area contributed by atoms with Gasteiger partial charge in [0.25, 0.3) is 5.91 Å². The minimum Gasteiger partial charge on any atom is -0.479 e. The van der Waals surface area contributed by atoms with E-state index < -0.39 is 0 Å². The summed E-state index contributed by atoms with van der Waals surface area (Å²) in [4.78, 5) is 26.8. The van der Waals surface area contributed by atoms with Crippen LogP contribution in [0.25, 0.3) is 0 Å². The van der Waals surface area contributed by atoms with Gasteiger partial charge < -0.3 is 15.0 Å². The summed E-state index contributed by atoms with van der Waals surface area (Å²) in [6, 6.07) is 4.01. The van der Waals surface area contributed by atoms with E-state index in [2.05, 4.69) is 10.4 Å². The Labute approximate surface area is 138 Å². The summed E-state index contributed by atoms with van der Waals surface area (Å²) in [5.74, 6) is -0.244. The van der Waals surface area contributed by atoms with Crippen molar-refractivity contribution in [2.24, 2.45) is 7.05 Å². The number of nitrogens with one attached hydrogen (secondary N) is 1. The zero-order valence-electron chi connectivity index (χ0n) is 13.4. The molecule has 0 saturated heterocycles. The van der Waals surface area contributed by atoms with Crippen molar-refractivity contribution < 1.29 is 14.3 Å². The molecule has 0 aliphatic rings. The van der Waals surface area contributed by atoms with Gasteiger partial charge >= 0.3 is 0 Å². The van der Waals surface area contributed by atoms with Crippen molar-refractivity contribution in [2.75, 3.05) is 27.2 Å². The van der Waals surface area contributed by atoms with Gasteiger partial charge in [0.2, 0.25) is 11.8 Å². The largest absolute Gasteiger partial charge is 0.479 e. The highest BCUT2D eigenvalue weighted by Gasteiger charge is 2.21. The van der Waals surface area contributed by atoms with Crippen LogP contribution in [-0.4, -0.2) is 53.7 Å². The normalized spacial score (nSPS) is 10.4. The number of aromatic nitrogens is 2. The highest BCUT2D eigenvalue weighted by Crippen LogP contribution is 2.16. The number of hydrogen-bond donors (Lipinski definition) is 1. The predicted octanol–water partition coefficient (Wildman–Crippen LogP) is 0.921. The van der Waals surface area contributed by atoms with Crippen molar-refractivity contribution in [3.8, 4) is 5.88 Å². The fourth-order valence-corrected chi connectivity index (χ4v) is 2.80. The Morgan fingerprint density at radius 3 is 2.91 bits per heavy atom. The van der Waals surface area contributed by atoms with E-state index in [0.717, 1.165) is 6.42 Å². The lowest BCUT2D eigenvalue weighted by Gasteiger charge is -2.16. The molecule has 0 bridgehead atoms. The molecule has 0 spiro atoms. The minimum absolute atomic E-state index is 0.0126. The average Bonchev–Trinajstić information content (AvgIpc) is 3.15. The summed E-state index contributed by atoms with van der Waals surface area (Å²) in [5, 5.41) is 8.86. The Bertz CT molecular complexity index is 666. The summed E-state index contributed by atoms with van der Waals surface area (Å²) in [5.41, 5.74) is 0.337. The van der Waals surface area contributed by atoms with E-state index in [1.165, 1.54) is 21.6 Å². The quantitative estimate of drug-likeness (QED) is 0.816. The van der Waals surface area contributed by atoms with Crippen molar-refractivity contribution >= 4 is 23.2 Å². The van der Waals surface area contributed by atoms with Crippen molar-refractivity contribution in [3.63, 3.8) is 0 Å². The number of carbonyl (C=O) groups excluding carboxylic acids is 2. The number of ether oxygens (including phenoxy) is 1. The van der Waals surface area contributed by atoms with Crippen LogP contribution in [-0.2, 0) is 18.3 Å². The van der Waals surface area contributed by atoms with Crippen molar-refractivity contribution in [3.05, 3.63) is 34.2 Å². The second-order valence-electron chi connectivity index (χ2n) is 5.07. The summed E-state index contributed by atoms with van der Waals surface area (Å²) in [7, 11) is 4.74. The summed E-state index contributed by atoms with van der Waals surface area (Å²) >= 11 is 1.66. The van der Waals surface area contributed by atoms with Crippen LogP contribution >= 0.6 is 11.3 Å². The van der Waals surface area contributed by atoms with E-state index in [1.54, 1.807) is 31.6 Å². The lowest BCUT2D eigenvalue weighted by molar-refractivity contribution is -0.121. The van der Waals surface area contributed by atoms with Crippen LogP contribution in [0, 0.1) is 0 Å². The van der Waals surface area contributed by atoms with Crippen LogP contribution in [0.2, 0.25) is 0 Å². The monoisotopic (exact) mass is 336 g/mol. The van der Waals surface area contributed by atoms with Crippen LogP contribution in [0.3, 0.4) is 0 Å². The molecule has 2 amide bonds. The fourth-order valence-electron chi connectivity index (χ4n) is 2.09. The lowest BCUT2D eigenvalue weighted by Crippen LogP contribution is -2.39. The van der Waals surface area contributed by atoms with Crippen molar-refractivity contribution in [2.45, 2.75) is 6.42 Å². The standard InChI is InChI=1S/C15H20N4O3S/c1-18(15(21)12-9-19(2)17-14(12)22-3)10-13(20)16-7-6-11-5-4-8-23-11/h4-5,8-9H,6-7,10H2,1-3H3,(H,16,20). The van der Waals surface area contributed by atoms with Gasteiger partial charge in [-0.25, -0.2) is 0 Å². The first-order valence-electron chi connectivity index (χ1n) is 7.13. The van der Waals surface area contributed by atoms with Gasteiger partial charge in [-0.3, -0.25) is 14.3 Å². The number of aryl methyl sites for hydroxylation is 1. The second-order valence-corrected chi connectivity index (χ2v) is 6.10. The smallest absolute Gasteiger partial charge is 0.261 e. The van der Waals surface area contributed by atoms with Gasteiger partial charge in [-0.2, -0.15) is 0 Å². The maximum absolute atomic E-state index is 12.3. The Morgan fingerprint density at radius 1 is 1.48 bits per heavy atom. The van der Waals surface area contributed by atoms with Crippen LogP contribution < -0.4 is 10.1 Å². The SMILES string of the molecule is COc1nn(C)cc1C(=O)N(C)CC(=O)NCCc1cccs1. The molecule has 8 heteroatoms. The zero-order valence-corrected chi connectivity index (χ0v) is 14.2. The lowest BCUT2D eigenvalue weighted by atomic mass is 10.3.